The lowest BCUT2D eigenvalue weighted by atomic mass is 10.2. The number of nitro groups is 1. The van der Waals surface area contributed by atoms with Crippen LogP contribution in [-0.4, -0.2) is 16.9 Å². The summed E-state index contributed by atoms with van der Waals surface area (Å²) in [5, 5.41) is 11.0. The molecule has 1 unspecified atom stereocenters. The van der Waals surface area contributed by atoms with Crippen LogP contribution >= 0.6 is 0 Å². The first kappa shape index (κ1) is 17.1. The van der Waals surface area contributed by atoms with E-state index in [4.69, 9.17) is 9.47 Å². The SMILES string of the molecule is O=[N+]([O-])c1ccc(OC2CCCC2(F)F)c(OCc2ccccc2)c1. The van der Waals surface area contributed by atoms with Gasteiger partial charge in [0.05, 0.1) is 11.0 Å². The highest BCUT2D eigenvalue weighted by atomic mass is 19.3. The summed E-state index contributed by atoms with van der Waals surface area (Å²) in [7, 11) is 0. The predicted octanol–water partition coefficient (Wildman–Crippen LogP) is 4.74. The van der Waals surface area contributed by atoms with Crippen LogP contribution in [0.3, 0.4) is 0 Å². The lowest BCUT2D eigenvalue weighted by Crippen LogP contribution is -2.32. The Kier molecular flexibility index (Phi) is 4.83. The number of nitro benzene ring substituents is 1. The molecule has 1 fully saturated rings. The maximum Gasteiger partial charge on any atom is 0.284 e. The molecule has 2 aromatic carbocycles. The van der Waals surface area contributed by atoms with Gasteiger partial charge in [-0.05, 0) is 24.5 Å². The van der Waals surface area contributed by atoms with Crippen LogP contribution in [0.1, 0.15) is 24.8 Å². The number of nitrogens with zero attached hydrogens (tertiary/aromatic N) is 1. The minimum Gasteiger partial charge on any atom is -0.485 e. The third-order valence-corrected chi connectivity index (χ3v) is 4.09. The first-order chi connectivity index (χ1) is 12.0. The molecule has 1 aliphatic rings. The van der Waals surface area contributed by atoms with Gasteiger partial charge in [-0.1, -0.05) is 30.3 Å². The molecule has 1 saturated carbocycles. The minimum atomic E-state index is -2.90. The average molecular weight is 349 g/mol. The van der Waals surface area contributed by atoms with E-state index in [-0.39, 0.29) is 36.6 Å². The lowest BCUT2D eigenvalue weighted by Gasteiger charge is -2.22. The van der Waals surface area contributed by atoms with Gasteiger partial charge in [0.25, 0.3) is 11.6 Å². The van der Waals surface area contributed by atoms with Crippen molar-refractivity contribution in [2.24, 2.45) is 0 Å². The quantitative estimate of drug-likeness (QED) is 0.558. The standard InChI is InChI=1S/C18H17F2NO4/c19-18(20)10-4-7-17(18)25-15-9-8-14(21(22)23)11-16(15)24-12-13-5-2-1-3-6-13/h1-3,5-6,8-9,11,17H,4,7,10,12H2. The fourth-order valence-electron chi connectivity index (χ4n) is 2.75. The van der Waals surface area contributed by atoms with Crippen LogP contribution in [0.4, 0.5) is 14.5 Å². The smallest absolute Gasteiger partial charge is 0.284 e. The van der Waals surface area contributed by atoms with Gasteiger partial charge in [-0.25, -0.2) is 8.78 Å². The fraction of sp³-hybridized carbons (Fsp3) is 0.333. The van der Waals surface area contributed by atoms with Gasteiger partial charge in [0, 0.05) is 12.5 Å². The highest BCUT2D eigenvalue weighted by Crippen LogP contribution is 2.41. The molecule has 0 N–H and O–H groups in total. The summed E-state index contributed by atoms with van der Waals surface area (Å²) in [6.45, 7) is 0.152. The largest absolute Gasteiger partial charge is 0.485 e. The molecule has 0 aromatic heterocycles. The Morgan fingerprint density at radius 1 is 1.16 bits per heavy atom. The molecular formula is C18H17F2NO4. The molecule has 3 rings (SSSR count). The number of alkyl halides is 2. The molecule has 0 heterocycles. The molecule has 0 bridgehead atoms. The molecule has 0 radical (unpaired) electrons. The molecule has 1 atom stereocenters. The van der Waals surface area contributed by atoms with E-state index in [1.54, 1.807) is 0 Å². The number of hydrogen-bond donors (Lipinski definition) is 0. The molecule has 25 heavy (non-hydrogen) atoms. The Labute approximate surface area is 143 Å². The van der Waals surface area contributed by atoms with Crippen LogP contribution < -0.4 is 9.47 Å². The van der Waals surface area contributed by atoms with Crippen LogP contribution in [0.15, 0.2) is 48.5 Å². The van der Waals surface area contributed by atoms with Gasteiger partial charge < -0.3 is 9.47 Å². The highest BCUT2D eigenvalue weighted by Gasteiger charge is 2.46. The van der Waals surface area contributed by atoms with E-state index in [9.17, 15) is 18.9 Å². The zero-order valence-electron chi connectivity index (χ0n) is 13.4. The van der Waals surface area contributed by atoms with Crippen molar-refractivity contribution < 1.29 is 23.2 Å². The Morgan fingerprint density at radius 3 is 2.56 bits per heavy atom. The van der Waals surface area contributed by atoms with Crippen LogP contribution in [0.25, 0.3) is 0 Å². The van der Waals surface area contributed by atoms with E-state index in [1.807, 2.05) is 30.3 Å². The molecule has 1 aliphatic carbocycles. The monoisotopic (exact) mass is 349 g/mol. The van der Waals surface area contributed by atoms with Crippen LogP contribution in [0.5, 0.6) is 11.5 Å². The van der Waals surface area contributed by atoms with Crippen LogP contribution in [0.2, 0.25) is 0 Å². The maximum atomic E-state index is 13.8. The van der Waals surface area contributed by atoms with Gasteiger partial charge in [0.2, 0.25) is 0 Å². The van der Waals surface area contributed by atoms with Crippen molar-refractivity contribution >= 4 is 5.69 Å². The number of benzene rings is 2. The summed E-state index contributed by atoms with van der Waals surface area (Å²) >= 11 is 0. The van der Waals surface area contributed by atoms with Crippen LogP contribution in [0, 0.1) is 10.1 Å². The van der Waals surface area contributed by atoms with Gasteiger partial charge >= 0.3 is 0 Å². The molecule has 0 aliphatic heterocycles. The number of rotatable bonds is 6. The van der Waals surface area contributed by atoms with E-state index in [0.717, 1.165) is 5.56 Å². The second kappa shape index (κ2) is 7.04. The van der Waals surface area contributed by atoms with Crippen molar-refractivity contribution in [3.8, 4) is 11.5 Å². The van der Waals surface area contributed by atoms with Gasteiger partial charge in [-0.3, -0.25) is 10.1 Å². The van der Waals surface area contributed by atoms with E-state index in [2.05, 4.69) is 0 Å². The Bertz CT molecular complexity index is 752. The number of non-ortho nitro benzene ring substituents is 1. The van der Waals surface area contributed by atoms with E-state index < -0.39 is 16.9 Å². The molecule has 2 aromatic rings. The highest BCUT2D eigenvalue weighted by molar-refractivity contribution is 5.49. The summed E-state index contributed by atoms with van der Waals surface area (Å²) in [4.78, 5) is 10.4. The molecule has 0 amide bonds. The van der Waals surface area contributed by atoms with Crippen LogP contribution in [-0.2, 0) is 6.61 Å². The molecular weight excluding hydrogens is 332 g/mol. The van der Waals surface area contributed by atoms with Gasteiger partial charge in [0.15, 0.2) is 17.6 Å². The van der Waals surface area contributed by atoms with Crippen molar-refractivity contribution in [1.29, 1.82) is 0 Å². The molecule has 132 valence electrons. The molecule has 5 nitrogen and oxygen atoms in total. The summed E-state index contributed by atoms with van der Waals surface area (Å²) in [5.74, 6) is -2.73. The Hall–Kier alpha value is -2.70. The van der Waals surface area contributed by atoms with E-state index in [0.29, 0.717) is 6.42 Å². The molecule has 7 heteroatoms. The van der Waals surface area contributed by atoms with E-state index in [1.165, 1.54) is 18.2 Å². The summed E-state index contributed by atoms with van der Waals surface area (Å²) in [5.41, 5.74) is 0.666. The second-order valence-corrected chi connectivity index (χ2v) is 5.92. The third kappa shape index (κ3) is 4.04. The number of halogens is 2. The van der Waals surface area contributed by atoms with E-state index >= 15 is 0 Å². The number of ether oxygens (including phenoxy) is 2. The zero-order chi connectivity index (χ0) is 17.9. The third-order valence-electron chi connectivity index (χ3n) is 4.09. The van der Waals surface area contributed by atoms with Crippen molar-refractivity contribution in [2.45, 2.75) is 37.9 Å². The topological polar surface area (TPSA) is 61.6 Å². The first-order valence-corrected chi connectivity index (χ1v) is 7.95. The van der Waals surface area contributed by atoms with Crippen molar-refractivity contribution in [2.75, 3.05) is 0 Å². The Morgan fingerprint density at radius 2 is 1.92 bits per heavy atom. The number of hydrogen-bond acceptors (Lipinski definition) is 4. The maximum absolute atomic E-state index is 13.8. The summed E-state index contributed by atoms with van der Waals surface area (Å²) < 4.78 is 38.7. The average Bonchev–Trinajstić information content (AvgIpc) is 2.93. The normalized spacial score (nSPS) is 18.7. The first-order valence-electron chi connectivity index (χ1n) is 7.95. The summed E-state index contributed by atoms with van der Waals surface area (Å²) in [6, 6.07) is 12.9. The van der Waals surface area contributed by atoms with Crippen molar-refractivity contribution in [3.63, 3.8) is 0 Å². The molecule has 0 spiro atoms. The zero-order valence-corrected chi connectivity index (χ0v) is 13.4. The minimum absolute atomic E-state index is 0.0840. The van der Waals surface area contributed by atoms with Gasteiger partial charge in [0.1, 0.15) is 6.61 Å². The Balaban J connectivity index is 1.82. The summed E-state index contributed by atoms with van der Waals surface area (Å²) in [6.07, 6.45) is -0.842. The molecule has 0 saturated heterocycles. The van der Waals surface area contributed by atoms with Gasteiger partial charge in [-0.15, -0.1) is 0 Å². The van der Waals surface area contributed by atoms with Gasteiger partial charge in [-0.2, -0.15) is 0 Å². The van der Waals surface area contributed by atoms with Crippen molar-refractivity contribution in [1.82, 2.24) is 0 Å². The predicted molar refractivity (Wildman–Crippen MR) is 87.1 cm³/mol. The van der Waals surface area contributed by atoms with Crippen molar-refractivity contribution in [3.05, 3.63) is 64.2 Å². The fourth-order valence-corrected chi connectivity index (χ4v) is 2.75. The second-order valence-electron chi connectivity index (χ2n) is 5.92. The lowest BCUT2D eigenvalue weighted by molar-refractivity contribution is -0.385.